The van der Waals surface area contributed by atoms with Crippen LogP contribution in [0.1, 0.15) is 19.8 Å². The van der Waals surface area contributed by atoms with Crippen LogP contribution in [0.25, 0.3) is 11.0 Å². The van der Waals surface area contributed by atoms with Crippen molar-refractivity contribution < 1.29 is 4.79 Å². The van der Waals surface area contributed by atoms with E-state index in [1.54, 1.807) is 6.20 Å². The third-order valence-corrected chi connectivity index (χ3v) is 3.89. The molecule has 0 atom stereocenters. The van der Waals surface area contributed by atoms with E-state index in [-0.39, 0.29) is 5.91 Å². The van der Waals surface area contributed by atoms with E-state index in [4.69, 9.17) is 0 Å². The lowest BCUT2D eigenvalue weighted by Gasteiger charge is -2.23. The topological polar surface area (TPSA) is 61.0 Å². The third kappa shape index (κ3) is 3.41. The molecule has 0 aliphatic rings. The number of fused-ring (bicyclic) bond motifs is 1. The molecule has 0 radical (unpaired) electrons. The van der Waals surface area contributed by atoms with Crippen molar-refractivity contribution in [3.05, 3.63) is 18.5 Å². The Morgan fingerprint density at radius 3 is 3.00 bits per heavy atom. The molecule has 2 rings (SSSR count). The highest BCUT2D eigenvalue weighted by Crippen LogP contribution is 2.32. The molecule has 2 heterocycles. The second-order valence-corrected chi connectivity index (χ2v) is 5.84. The van der Waals surface area contributed by atoms with Crippen LogP contribution in [-0.4, -0.2) is 33.9 Å². The summed E-state index contributed by atoms with van der Waals surface area (Å²) in [5.41, 5.74) is 2.64. The van der Waals surface area contributed by atoms with E-state index in [0.29, 0.717) is 0 Å². The van der Waals surface area contributed by atoms with Gasteiger partial charge in [-0.15, -0.1) is 0 Å². The van der Waals surface area contributed by atoms with Gasteiger partial charge in [0, 0.05) is 32.1 Å². The fourth-order valence-electron chi connectivity index (χ4n) is 2.24. The number of nitrogens with one attached hydrogen (secondary N) is 2. The zero-order valence-corrected chi connectivity index (χ0v) is 13.9. The molecular formula is C14H19IN4O. The first-order valence-corrected chi connectivity index (χ1v) is 8.17. The molecule has 20 heavy (non-hydrogen) atoms. The van der Waals surface area contributed by atoms with Crippen molar-refractivity contribution in [3.8, 4) is 0 Å². The van der Waals surface area contributed by atoms with E-state index in [1.165, 1.54) is 17.8 Å². The number of anilines is 2. The Hall–Kier alpha value is -1.31. The number of amides is 1. The van der Waals surface area contributed by atoms with Crippen LogP contribution < -0.4 is 10.2 Å². The lowest BCUT2D eigenvalue weighted by Crippen LogP contribution is -2.21. The van der Waals surface area contributed by atoms with E-state index in [1.807, 2.05) is 12.3 Å². The lowest BCUT2D eigenvalue weighted by molar-refractivity contribution is -0.114. The summed E-state index contributed by atoms with van der Waals surface area (Å²) < 4.78 is 1.17. The van der Waals surface area contributed by atoms with Crippen LogP contribution in [0.2, 0.25) is 0 Å². The van der Waals surface area contributed by atoms with Gasteiger partial charge in [0.25, 0.3) is 0 Å². The van der Waals surface area contributed by atoms with Gasteiger partial charge in [-0.25, -0.2) is 4.98 Å². The molecule has 0 saturated carbocycles. The largest absolute Gasteiger partial charge is 0.372 e. The summed E-state index contributed by atoms with van der Waals surface area (Å²) in [6.07, 6.45) is 5.91. The summed E-state index contributed by atoms with van der Waals surface area (Å²) in [5.74, 6) is -0.0800. The van der Waals surface area contributed by atoms with Gasteiger partial charge in [0.05, 0.1) is 17.6 Å². The Morgan fingerprint density at radius 2 is 2.30 bits per heavy atom. The number of hydrogen-bond donors (Lipinski definition) is 2. The normalized spacial score (nSPS) is 10.8. The van der Waals surface area contributed by atoms with Crippen molar-refractivity contribution in [2.75, 3.05) is 28.2 Å². The van der Waals surface area contributed by atoms with Crippen LogP contribution in [0.15, 0.2) is 18.5 Å². The highest BCUT2D eigenvalue weighted by atomic mass is 127. The summed E-state index contributed by atoms with van der Waals surface area (Å²) in [4.78, 5) is 21.0. The third-order valence-electron chi connectivity index (χ3n) is 3.13. The van der Waals surface area contributed by atoms with Crippen LogP contribution in [0, 0.1) is 0 Å². The monoisotopic (exact) mass is 386 g/mol. The predicted octanol–water partition coefficient (Wildman–Crippen LogP) is 3.17. The van der Waals surface area contributed by atoms with E-state index < -0.39 is 0 Å². The SMILES string of the molecule is CC(=O)Nc1cnc2[nH]ccc2c1N(C)CCCCI. The molecule has 0 aliphatic carbocycles. The number of alkyl halides is 1. The van der Waals surface area contributed by atoms with Crippen LogP contribution in [0.4, 0.5) is 11.4 Å². The Balaban J connectivity index is 2.35. The van der Waals surface area contributed by atoms with Crippen molar-refractivity contribution in [3.63, 3.8) is 0 Å². The van der Waals surface area contributed by atoms with Gasteiger partial charge in [-0.1, -0.05) is 22.6 Å². The minimum atomic E-state index is -0.0800. The number of carbonyl (C=O) groups is 1. The Morgan fingerprint density at radius 1 is 1.50 bits per heavy atom. The minimum Gasteiger partial charge on any atom is -0.372 e. The molecule has 2 N–H and O–H groups in total. The molecule has 1 amide bonds. The molecule has 6 heteroatoms. The van der Waals surface area contributed by atoms with Crippen molar-refractivity contribution in [1.82, 2.24) is 9.97 Å². The minimum absolute atomic E-state index is 0.0800. The highest BCUT2D eigenvalue weighted by molar-refractivity contribution is 14.1. The maximum atomic E-state index is 11.4. The number of nitrogens with zero attached hydrogens (tertiary/aromatic N) is 2. The molecule has 0 unspecified atom stereocenters. The van der Waals surface area contributed by atoms with E-state index >= 15 is 0 Å². The Kier molecular flexibility index (Phi) is 5.22. The molecule has 0 bridgehead atoms. The first-order valence-electron chi connectivity index (χ1n) is 6.64. The zero-order valence-electron chi connectivity index (χ0n) is 11.7. The van der Waals surface area contributed by atoms with E-state index in [0.717, 1.165) is 35.4 Å². The number of halogens is 1. The quantitative estimate of drug-likeness (QED) is 0.456. The highest BCUT2D eigenvalue weighted by Gasteiger charge is 2.14. The van der Waals surface area contributed by atoms with Crippen molar-refractivity contribution in [1.29, 1.82) is 0 Å². The maximum absolute atomic E-state index is 11.4. The second kappa shape index (κ2) is 6.92. The predicted molar refractivity (Wildman–Crippen MR) is 91.8 cm³/mol. The van der Waals surface area contributed by atoms with Gasteiger partial charge in [-0.2, -0.15) is 0 Å². The number of aromatic nitrogens is 2. The Labute approximate surface area is 132 Å². The summed E-state index contributed by atoms with van der Waals surface area (Å²) in [7, 11) is 2.06. The van der Waals surface area contributed by atoms with Crippen LogP contribution in [-0.2, 0) is 4.79 Å². The van der Waals surface area contributed by atoms with Crippen molar-refractivity contribution in [2.45, 2.75) is 19.8 Å². The Bertz CT molecular complexity index is 596. The average molecular weight is 386 g/mol. The standard InChI is InChI=1S/C14H19IN4O/c1-10(20)18-12-9-17-14-11(5-7-16-14)13(12)19(2)8-4-3-6-15/h5,7,9H,3-4,6,8H2,1-2H3,(H,16,17)(H,18,20). The van der Waals surface area contributed by atoms with Crippen molar-refractivity contribution in [2.24, 2.45) is 0 Å². The molecule has 108 valence electrons. The number of aromatic amines is 1. The van der Waals surface area contributed by atoms with Gasteiger partial charge in [0.1, 0.15) is 5.65 Å². The smallest absolute Gasteiger partial charge is 0.221 e. The lowest BCUT2D eigenvalue weighted by atomic mass is 10.2. The molecule has 0 aliphatic heterocycles. The van der Waals surface area contributed by atoms with Gasteiger partial charge in [-0.05, 0) is 23.3 Å². The maximum Gasteiger partial charge on any atom is 0.221 e. The summed E-state index contributed by atoms with van der Waals surface area (Å²) >= 11 is 2.39. The number of rotatable bonds is 6. The van der Waals surface area contributed by atoms with E-state index in [2.05, 4.69) is 49.8 Å². The van der Waals surface area contributed by atoms with Crippen molar-refractivity contribution >= 4 is 50.9 Å². The van der Waals surface area contributed by atoms with Crippen LogP contribution >= 0.6 is 22.6 Å². The molecular weight excluding hydrogens is 367 g/mol. The molecule has 2 aromatic heterocycles. The number of H-pyrrole nitrogens is 1. The molecule has 0 saturated heterocycles. The number of unbranched alkanes of at least 4 members (excludes halogenated alkanes) is 1. The zero-order chi connectivity index (χ0) is 14.5. The van der Waals surface area contributed by atoms with Gasteiger partial charge in [-0.3, -0.25) is 4.79 Å². The van der Waals surface area contributed by atoms with Crippen LogP contribution in [0.3, 0.4) is 0 Å². The second-order valence-electron chi connectivity index (χ2n) is 4.76. The number of hydrogen-bond acceptors (Lipinski definition) is 3. The first-order chi connectivity index (χ1) is 9.63. The summed E-state index contributed by atoms with van der Waals surface area (Å²) in [6.45, 7) is 2.47. The van der Waals surface area contributed by atoms with Gasteiger partial charge < -0.3 is 15.2 Å². The fraction of sp³-hybridized carbons (Fsp3) is 0.429. The molecule has 5 nitrogen and oxygen atoms in total. The summed E-state index contributed by atoms with van der Waals surface area (Å²) in [5, 5.41) is 3.90. The number of pyridine rings is 1. The van der Waals surface area contributed by atoms with Gasteiger partial charge in [0.2, 0.25) is 5.91 Å². The first kappa shape index (κ1) is 15.1. The molecule has 0 spiro atoms. The molecule has 2 aromatic rings. The van der Waals surface area contributed by atoms with Gasteiger partial charge in [0.15, 0.2) is 0 Å². The number of carbonyl (C=O) groups excluding carboxylic acids is 1. The van der Waals surface area contributed by atoms with Crippen LogP contribution in [0.5, 0.6) is 0 Å². The fourth-order valence-corrected chi connectivity index (χ4v) is 2.78. The summed E-state index contributed by atoms with van der Waals surface area (Å²) in [6, 6.07) is 2.00. The molecule has 0 aromatic carbocycles. The van der Waals surface area contributed by atoms with E-state index in [9.17, 15) is 4.79 Å². The molecule has 0 fully saturated rings. The van der Waals surface area contributed by atoms with Gasteiger partial charge >= 0.3 is 0 Å². The average Bonchev–Trinajstić information content (AvgIpc) is 2.86.